The van der Waals surface area contributed by atoms with Crippen molar-refractivity contribution in [3.05, 3.63) is 18.2 Å². The van der Waals surface area contributed by atoms with Crippen LogP contribution in [0.3, 0.4) is 0 Å². The molecule has 0 spiro atoms. The molecule has 1 aliphatic rings. The Morgan fingerprint density at radius 3 is 2.60 bits per heavy atom. The second-order valence-corrected chi connectivity index (χ2v) is 7.47. The third-order valence-electron chi connectivity index (χ3n) is 4.00. The fourth-order valence-electron chi connectivity index (χ4n) is 2.72. The lowest BCUT2D eigenvalue weighted by Crippen LogP contribution is -2.41. The predicted molar refractivity (Wildman–Crippen MR) is 82.3 cm³/mol. The lowest BCUT2D eigenvalue weighted by molar-refractivity contribution is 0.390. The van der Waals surface area contributed by atoms with E-state index in [9.17, 15) is 8.42 Å². The second-order valence-electron chi connectivity index (χ2n) is 5.61. The van der Waals surface area contributed by atoms with Crippen LogP contribution >= 0.6 is 0 Å². The molecule has 20 heavy (non-hydrogen) atoms. The highest BCUT2D eigenvalue weighted by Gasteiger charge is 2.24. The zero-order valence-electron chi connectivity index (χ0n) is 12.3. The minimum absolute atomic E-state index is 0.140. The summed E-state index contributed by atoms with van der Waals surface area (Å²) in [6.07, 6.45) is 2.39. The fourth-order valence-corrected chi connectivity index (χ4v) is 3.55. The Kier molecular flexibility index (Phi) is 4.25. The maximum Gasteiger partial charge on any atom is 0.242 e. The summed E-state index contributed by atoms with van der Waals surface area (Å²) in [4.78, 5) is 2.45. The Morgan fingerprint density at radius 1 is 1.30 bits per heavy atom. The molecular formula is C14H23N3O2S. The SMILES string of the molecule is CNS(=O)(=O)c1ccc(N2CC(C)CCC2C)cc1N. The highest BCUT2D eigenvalue weighted by atomic mass is 32.2. The molecule has 112 valence electrons. The maximum atomic E-state index is 11.8. The second kappa shape index (κ2) is 5.61. The lowest BCUT2D eigenvalue weighted by atomic mass is 9.94. The molecule has 0 aliphatic carbocycles. The molecule has 1 aromatic rings. The van der Waals surface area contributed by atoms with Gasteiger partial charge in [-0.1, -0.05) is 6.92 Å². The zero-order valence-corrected chi connectivity index (χ0v) is 13.1. The number of piperidine rings is 1. The average molecular weight is 297 g/mol. The minimum atomic E-state index is -3.49. The smallest absolute Gasteiger partial charge is 0.242 e. The number of hydrogen-bond donors (Lipinski definition) is 2. The van der Waals surface area contributed by atoms with Crippen molar-refractivity contribution in [3.63, 3.8) is 0 Å². The number of rotatable bonds is 3. The van der Waals surface area contributed by atoms with Crippen LogP contribution in [0.1, 0.15) is 26.7 Å². The van der Waals surface area contributed by atoms with E-state index in [2.05, 4.69) is 23.5 Å². The molecular weight excluding hydrogens is 274 g/mol. The summed E-state index contributed by atoms with van der Waals surface area (Å²) in [5.74, 6) is 0.646. The molecule has 6 heteroatoms. The van der Waals surface area contributed by atoms with Gasteiger partial charge in [0, 0.05) is 18.3 Å². The normalized spacial score (nSPS) is 23.9. The monoisotopic (exact) mass is 297 g/mol. The van der Waals surface area contributed by atoms with Gasteiger partial charge in [0.05, 0.1) is 5.69 Å². The molecule has 1 aromatic carbocycles. The van der Waals surface area contributed by atoms with Crippen LogP contribution in [0.15, 0.2) is 23.1 Å². The number of benzene rings is 1. The summed E-state index contributed by atoms with van der Waals surface area (Å²) in [5, 5.41) is 0. The first-order valence-electron chi connectivity index (χ1n) is 6.95. The summed E-state index contributed by atoms with van der Waals surface area (Å²) in [7, 11) is -2.11. The topological polar surface area (TPSA) is 75.4 Å². The van der Waals surface area contributed by atoms with E-state index < -0.39 is 10.0 Å². The van der Waals surface area contributed by atoms with Gasteiger partial charge in [-0.15, -0.1) is 0 Å². The largest absolute Gasteiger partial charge is 0.398 e. The van der Waals surface area contributed by atoms with Gasteiger partial charge in [-0.2, -0.15) is 0 Å². The molecule has 2 atom stereocenters. The van der Waals surface area contributed by atoms with Crippen LogP contribution in [0.25, 0.3) is 0 Å². The van der Waals surface area contributed by atoms with E-state index in [1.54, 1.807) is 12.1 Å². The van der Waals surface area contributed by atoms with Gasteiger partial charge in [0.2, 0.25) is 10.0 Å². The molecule has 2 rings (SSSR count). The molecule has 3 N–H and O–H groups in total. The Bertz CT molecular complexity index is 586. The number of anilines is 2. The van der Waals surface area contributed by atoms with E-state index in [0.717, 1.165) is 18.7 Å². The molecule has 1 heterocycles. The molecule has 0 aromatic heterocycles. The molecule has 0 amide bonds. The third kappa shape index (κ3) is 2.91. The van der Waals surface area contributed by atoms with E-state index in [4.69, 9.17) is 5.73 Å². The molecule has 5 nitrogen and oxygen atoms in total. The predicted octanol–water partition coefficient (Wildman–Crippen LogP) is 1.80. The number of nitrogens with zero attached hydrogens (tertiary/aromatic N) is 1. The van der Waals surface area contributed by atoms with Crippen molar-refractivity contribution in [2.75, 3.05) is 24.2 Å². The number of nitrogen functional groups attached to an aromatic ring is 1. The number of nitrogens with one attached hydrogen (secondary N) is 1. The average Bonchev–Trinajstić information content (AvgIpc) is 2.41. The van der Waals surface area contributed by atoms with Crippen molar-refractivity contribution < 1.29 is 8.42 Å². The van der Waals surface area contributed by atoms with Crippen LogP contribution in [-0.2, 0) is 10.0 Å². The van der Waals surface area contributed by atoms with Crippen molar-refractivity contribution in [2.45, 2.75) is 37.6 Å². The zero-order chi connectivity index (χ0) is 14.9. The van der Waals surface area contributed by atoms with Gasteiger partial charge in [0.1, 0.15) is 4.90 Å². The van der Waals surface area contributed by atoms with E-state index in [1.165, 1.54) is 13.5 Å². The molecule has 2 unspecified atom stereocenters. The summed E-state index contributed by atoms with van der Waals surface area (Å²) in [6.45, 7) is 5.42. The van der Waals surface area contributed by atoms with E-state index in [1.807, 2.05) is 6.07 Å². The van der Waals surface area contributed by atoms with Crippen molar-refractivity contribution >= 4 is 21.4 Å². The fraction of sp³-hybridized carbons (Fsp3) is 0.571. The minimum Gasteiger partial charge on any atom is -0.398 e. The Labute approximate surface area is 121 Å². The van der Waals surface area contributed by atoms with Crippen LogP contribution in [0.2, 0.25) is 0 Å². The molecule has 1 fully saturated rings. The number of sulfonamides is 1. The highest BCUT2D eigenvalue weighted by molar-refractivity contribution is 7.89. The Hall–Kier alpha value is -1.27. The van der Waals surface area contributed by atoms with Crippen molar-refractivity contribution in [1.82, 2.24) is 4.72 Å². The first-order valence-corrected chi connectivity index (χ1v) is 8.43. The lowest BCUT2D eigenvalue weighted by Gasteiger charge is -2.38. The van der Waals surface area contributed by atoms with Crippen LogP contribution in [0, 0.1) is 5.92 Å². The van der Waals surface area contributed by atoms with Crippen LogP contribution < -0.4 is 15.4 Å². The molecule has 1 aliphatic heterocycles. The quantitative estimate of drug-likeness (QED) is 0.834. The van der Waals surface area contributed by atoms with Gasteiger partial charge >= 0.3 is 0 Å². The van der Waals surface area contributed by atoms with Crippen LogP contribution in [-0.4, -0.2) is 28.1 Å². The highest BCUT2D eigenvalue weighted by Crippen LogP contribution is 2.30. The number of hydrogen-bond acceptors (Lipinski definition) is 4. The van der Waals surface area contributed by atoms with E-state index in [0.29, 0.717) is 17.6 Å². The Morgan fingerprint density at radius 2 is 2.00 bits per heavy atom. The summed E-state index contributed by atoms with van der Waals surface area (Å²) < 4.78 is 25.9. The molecule has 1 saturated heterocycles. The van der Waals surface area contributed by atoms with Gasteiger partial charge in [-0.05, 0) is 50.9 Å². The summed E-state index contributed by atoms with van der Waals surface area (Å²) in [5.41, 5.74) is 7.21. The van der Waals surface area contributed by atoms with E-state index in [-0.39, 0.29) is 4.90 Å². The maximum absolute atomic E-state index is 11.8. The van der Waals surface area contributed by atoms with Gasteiger partial charge in [-0.25, -0.2) is 13.1 Å². The number of nitrogens with two attached hydrogens (primary N) is 1. The van der Waals surface area contributed by atoms with Crippen molar-refractivity contribution in [3.8, 4) is 0 Å². The summed E-state index contributed by atoms with van der Waals surface area (Å²) in [6, 6.07) is 5.65. The van der Waals surface area contributed by atoms with Gasteiger partial charge < -0.3 is 10.6 Å². The molecule has 0 bridgehead atoms. The molecule has 0 radical (unpaired) electrons. The standard InChI is InChI=1S/C14H23N3O2S/c1-10-4-5-11(2)17(9-10)12-6-7-14(13(15)8-12)20(18,19)16-3/h6-8,10-11,16H,4-5,9,15H2,1-3H3. The summed E-state index contributed by atoms with van der Waals surface area (Å²) >= 11 is 0. The van der Waals surface area contributed by atoms with Crippen LogP contribution in [0.5, 0.6) is 0 Å². The van der Waals surface area contributed by atoms with Gasteiger partial charge in [0.15, 0.2) is 0 Å². The third-order valence-corrected chi connectivity index (χ3v) is 5.49. The first-order chi connectivity index (χ1) is 9.35. The van der Waals surface area contributed by atoms with Crippen LogP contribution in [0.4, 0.5) is 11.4 Å². The van der Waals surface area contributed by atoms with Gasteiger partial charge in [0.25, 0.3) is 0 Å². The van der Waals surface area contributed by atoms with Crippen molar-refractivity contribution in [1.29, 1.82) is 0 Å². The van der Waals surface area contributed by atoms with E-state index >= 15 is 0 Å². The Balaban J connectivity index is 2.34. The first kappa shape index (κ1) is 15.1. The van der Waals surface area contributed by atoms with Gasteiger partial charge in [-0.3, -0.25) is 0 Å². The van der Waals surface area contributed by atoms with Crippen molar-refractivity contribution in [2.24, 2.45) is 5.92 Å². The molecule has 0 saturated carbocycles.